The fraction of sp³-hybridized carbons (Fsp3) is 0.316. The molecule has 1 N–H and O–H groups in total. The molecule has 3 rings (SSSR count). The van der Waals surface area contributed by atoms with Crippen molar-refractivity contribution in [3.05, 3.63) is 46.5 Å². The van der Waals surface area contributed by atoms with Crippen LogP contribution in [0, 0.1) is 6.92 Å². The van der Waals surface area contributed by atoms with Crippen LogP contribution in [0.25, 0.3) is 0 Å². The number of carbonyl (C=O) groups is 1. The van der Waals surface area contributed by atoms with Crippen molar-refractivity contribution in [1.29, 1.82) is 0 Å². The van der Waals surface area contributed by atoms with Crippen molar-refractivity contribution < 1.29 is 22.7 Å². The quantitative estimate of drug-likeness (QED) is 0.764. The summed E-state index contributed by atoms with van der Waals surface area (Å²) in [6.45, 7) is 6.12. The normalized spacial score (nSPS) is 13.0. The molecule has 0 bridgehead atoms. The first-order valence-corrected chi connectivity index (χ1v) is 10.6. The van der Waals surface area contributed by atoms with Crippen LogP contribution in [0.2, 0.25) is 5.02 Å². The number of hydrogen-bond donors (Lipinski definition) is 1. The number of hydrogen-bond acceptors (Lipinski definition) is 5. The maximum absolute atomic E-state index is 12.8. The Morgan fingerprint density at radius 1 is 1.18 bits per heavy atom. The van der Waals surface area contributed by atoms with E-state index in [9.17, 15) is 13.2 Å². The predicted molar refractivity (Wildman–Crippen MR) is 107 cm³/mol. The van der Waals surface area contributed by atoms with Crippen LogP contribution in [0.4, 0.5) is 5.69 Å². The first-order valence-electron chi connectivity index (χ1n) is 8.79. The Labute approximate surface area is 169 Å². The van der Waals surface area contributed by atoms with E-state index in [1.807, 2.05) is 0 Å². The highest BCUT2D eigenvalue weighted by atomic mass is 35.5. The van der Waals surface area contributed by atoms with Gasteiger partial charge in [-0.05, 0) is 36.8 Å². The molecule has 2 aromatic carbocycles. The smallest absolute Gasteiger partial charge is 0.255 e. The molecule has 0 spiro atoms. The zero-order chi connectivity index (χ0) is 20.5. The Balaban J connectivity index is 1.91. The molecule has 1 amide bonds. The number of anilines is 1. The minimum Gasteiger partial charge on any atom is -0.454 e. The molecule has 1 aliphatic rings. The van der Waals surface area contributed by atoms with Gasteiger partial charge >= 0.3 is 0 Å². The zero-order valence-electron chi connectivity index (χ0n) is 15.8. The number of aryl methyl sites for hydroxylation is 1. The third-order valence-corrected chi connectivity index (χ3v) is 6.82. The number of sulfonamides is 1. The summed E-state index contributed by atoms with van der Waals surface area (Å²) < 4.78 is 37.4. The van der Waals surface area contributed by atoms with Crippen molar-refractivity contribution in [2.24, 2.45) is 0 Å². The number of nitrogens with zero attached hydrogens (tertiary/aromatic N) is 1. The summed E-state index contributed by atoms with van der Waals surface area (Å²) in [6.07, 6.45) is 0. The van der Waals surface area contributed by atoms with Gasteiger partial charge < -0.3 is 14.8 Å². The van der Waals surface area contributed by atoms with Gasteiger partial charge in [-0.3, -0.25) is 4.79 Å². The third-order valence-electron chi connectivity index (χ3n) is 4.49. The lowest BCUT2D eigenvalue weighted by atomic mass is 10.1. The number of ether oxygens (including phenoxy) is 2. The second-order valence-corrected chi connectivity index (χ2v) is 8.56. The van der Waals surface area contributed by atoms with Crippen LogP contribution in [-0.2, 0) is 10.0 Å². The van der Waals surface area contributed by atoms with Crippen molar-refractivity contribution in [3.8, 4) is 11.5 Å². The summed E-state index contributed by atoms with van der Waals surface area (Å²) in [5, 5.41) is 3.03. The fourth-order valence-corrected chi connectivity index (χ4v) is 4.65. The van der Waals surface area contributed by atoms with Crippen LogP contribution in [-0.4, -0.2) is 38.5 Å². The maximum atomic E-state index is 12.8. The van der Waals surface area contributed by atoms with E-state index in [-0.39, 0.29) is 22.3 Å². The zero-order valence-corrected chi connectivity index (χ0v) is 17.4. The molecule has 0 saturated heterocycles. The molecule has 150 valence electrons. The van der Waals surface area contributed by atoms with E-state index in [0.717, 1.165) is 5.56 Å². The number of amides is 1. The Morgan fingerprint density at radius 2 is 1.89 bits per heavy atom. The molecule has 2 aromatic rings. The van der Waals surface area contributed by atoms with Crippen molar-refractivity contribution in [3.63, 3.8) is 0 Å². The number of benzene rings is 2. The fourth-order valence-electron chi connectivity index (χ4n) is 2.90. The molecule has 0 aliphatic carbocycles. The minimum atomic E-state index is -3.63. The van der Waals surface area contributed by atoms with Crippen LogP contribution in [0.5, 0.6) is 11.5 Å². The van der Waals surface area contributed by atoms with E-state index >= 15 is 0 Å². The summed E-state index contributed by atoms with van der Waals surface area (Å²) in [7, 11) is -3.63. The summed E-state index contributed by atoms with van der Waals surface area (Å²) in [4.78, 5) is 12.8. The van der Waals surface area contributed by atoms with Crippen molar-refractivity contribution >= 4 is 33.2 Å². The van der Waals surface area contributed by atoms with Gasteiger partial charge in [-0.1, -0.05) is 31.5 Å². The topological polar surface area (TPSA) is 84.9 Å². The van der Waals surface area contributed by atoms with Gasteiger partial charge in [0.2, 0.25) is 16.8 Å². The summed E-state index contributed by atoms with van der Waals surface area (Å²) >= 11 is 6.14. The summed E-state index contributed by atoms with van der Waals surface area (Å²) in [6, 6.07) is 7.69. The lowest BCUT2D eigenvalue weighted by Crippen LogP contribution is -2.30. The van der Waals surface area contributed by atoms with E-state index in [4.69, 9.17) is 21.1 Å². The molecule has 1 aliphatic heterocycles. The van der Waals surface area contributed by atoms with Gasteiger partial charge in [-0.15, -0.1) is 0 Å². The number of carbonyl (C=O) groups excluding carboxylic acids is 1. The molecule has 0 radical (unpaired) electrons. The Bertz CT molecular complexity index is 1020. The molecule has 0 saturated carbocycles. The summed E-state index contributed by atoms with van der Waals surface area (Å²) in [5.74, 6) is 0.370. The second-order valence-electron chi connectivity index (χ2n) is 6.21. The summed E-state index contributed by atoms with van der Waals surface area (Å²) in [5.41, 5.74) is 1.43. The van der Waals surface area contributed by atoms with E-state index in [1.54, 1.807) is 26.8 Å². The van der Waals surface area contributed by atoms with Crippen LogP contribution < -0.4 is 14.8 Å². The molecule has 7 nitrogen and oxygen atoms in total. The Kier molecular flexibility index (Phi) is 5.83. The van der Waals surface area contributed by atoms with E-state index in [0.29, 0.717) is 30.3 Å². The molecular weight excluding hydrogens is 404 g/mol. The van der Waals surface area contributed by atoms with Crippen molar-refractivity contribution in [2.75, 3.05) is 25.2 Å². The first kappa shape index (κ1) is 20.4. The number of fused-ring (bicyclic) bond motifs is 1. The molecule has 0 aromatic heterocycles. The van der Waals surface area contributed by atoms with Gasteiger partial charge in [0.1, 0.15) is 0 Å². The molecular formula is C19H21ClN2O5S. The molecule has 0 atom stereocenters. The molecule has 0 fully saturated rings. The monoisotopic (exact) mass is 424 g/mol. The largest absolute Gasteiger partial charge is 0.454 e. The highest BCUT2D eigenvalue weighted by Gasteiger charge is 2.24. The average Bonchev–Trinajstić information content (AvgIpc) is 3.13. The third kappa shape index (κ3) is 3.80. The van der Waals surface area contributed by atoms with Crippen LogP contribution >= 0.6 is 11.6 Å². The second kappa shape index (κ2) is 7.98. The Hall–Kier alpha value is -2.29. The first-order chi connectivity index (χ1) is 13.3. The average molecular weight is 425 g/mol. The predicted octanol–water partition coefficient (Wildman–Crippen LogP) is 3.66. The number of rotatable bonds is 6. The maximum Gasteiger partial charge on any atom is 0.255 e. The van der Waals surface area contributed by atoms with Gasteiger partial charge in [-0.2, -0.15) is 4.31 Å². The van der Waals surface area contributed by atoms with E-state index in [2.05, 4.69) is 5.32 Å². The van der Waals surface area contributed by atoms with E-state index < -0.39 is 15.9 Å². The standard InChI is InChI=1S/C19H21ClN2O5S/c1-4-22(5-2)28(24,25)14-7-6-12(3)16(10-14)21-19(23)13-8-15(20)18-17(9-13)26-11-27-18/h6-10H,4-5,11H2,1-3H3,(H,21,23). The number of nitrogens with one attached hydrogen (secondary N) is 1. The van der Waals surface area contributed by atoms with E-state index in [1.165, 1.54) is 28.6 Å². The highest BCUT2D eigenvalue weighted by Crippen LogP contribution is 2.40. The molecule has 0 unspecified atom stereocenters. The Morgan fingerprint density at radius 3 is 2.57 bits per heavy atom. The van der Waals surface area contributed by atoms with Crippen molar-refractivity contribution in [2.45, 2.75) is 25.7 Å². The molecule has 28 heavy (non-hydrogen) atoms. The van der Waals surface area contributed by atoms with Crippen LogP contribution in [0.1, 0.15) is 29.8 Å². The minimum absolute atomic E-state index is 0.0461. The number of halogens is 1. The van der Waals surface area contributed by atoms with Crippen LogP contribution in [0.15, 0.2) is 35.2 Å². The van der Waals surface area contributed by atoms with Gasteiger partial charge in [-0.25, -0.2) is 8.42 Å². The van der Waals surface area contributed by atoms with Crippen LogP contribution in [0.3, 0.4) is 0 Å². The highest BCUT2D eigenvalue weighted by molar-refractivity contribution is 7.89. The lowest BCUT2D eigenvalue weighted by molar-refractivity contribution is 0.102. The van der Waals surface area contributed by atoms with Crippen molar-refractivity contribution in [1.82, 2.24) is 4.31 Å². The van der Waals surface area contributed by atoms with Gasteiger partial charge in [0.05, 0.1) is 9.92 Å². The lowest BCUT2D eigenvalue weighted by Gasteiger charge is -2.19. The SMILES string of the molecule is CCN(CC)S(=O)(=O)c1ccc(C)c(NC(=O)c2cc(Cl)c3c(c2)OCO3)c1. The van der Waals surface area contributed by atoms with Gasteiger partial charge in [0, 0.05) is 24.3 Å². The molecule has 9 heteroatoms. The van der Waals surface area contributed by atoms with Gasteiger partial charge in [0.25, 0.3) is 5.91 Å². The van der Waals surface area contributed by atoms with Gasteiger partial charge in [0.15, 0.2) is 11.5 Å². The molecule has 1 heterocycles.